The fourth-order valence-corrected chi connectivity index (χ4v) is 11.9. The summed E-state index contributed by atoms with van der Waals surface area (Å²) in [4.78, 5) is 25.7. The number of ketones is 1. The molecule has 0 aromatic rings. The number of hydrogen-bond donors (Lipinski definition) is 0. The molecular weight excluding hydrogens is 468 g/mol. The van der Waals surface area contributed by atoms with Crippen LogP contribution in [0.4, 0.5) is 0 Å². The van der Waals surface area contributed by atoms with Gasteiger partial charge >= 0.3 is 5.97 Å². The number of esters is 1. The minimum absolute atomic E-state index is 0.00588. The maximum atomic E-state index is 13.1. The second-order valence-corrected chi connectivity index (χ2v) is 15.4. The lowest BCUT2D eigenvalue weighted by Gasteiger charge is -2.73. The summed E-state index contributed by atoms with van der Waals surface area (Å²) in [6.07, 6.45) is 9.58. The normalized spacial score (nSPS) is 51.4. The predicted molar refractivity (Wildman–Crippen MR) is 146 cm³/mol. The van der Waals surface area contributed by atoms with E-state index in [2.05, 4.69) is 48.1 Å². The van der Waals surface area contributed by atoms with Gasteiger partial charge in [0.2, 0.25) is 0 Å². The molecule has 10 atom stereocenters. The number of hydrogen-bond acceptors (Lipinski definition) is 3. The zero-order valence-corrected chi connectivity index (χ0v) is 24.6. The van der Waals surface area contributed by atoms with E-state index < -0.39 is 0 Å². The molecular formula is C32H49ClO3. The topological polar surface area (TPSA) is 43.4 Å². The summed E-state index contributed by atoms with van der Waals surface area (Å²) < 4.78 is 6.36. The van der Waals surface area contributed by atoms with Crippen molar-refractivity contribution in [2.75, 3.05) is 5.88 Å². The third-order valence-electron chi connectivity index (χ3n) is 13.5. The maximum absolute atomic E-state index is 13.1. The quantitative estimate of drug-likeness (QED) is 0.217. The van der Waals surface area contributed by atoms with Crippen LogP contribution in [0, 0.1) is 56.7 Å². The van der Waals surface area contributed by atoms with Crippen molar-refractivity contribution < 1.29 is 14.3 Å². The summed E-state index contributed by atoms with van der Waals surface area (Å²) in [6, 6.07) is 0. The van der Waals surface area contributed by atoms with Crippen molar-refractivity contribution in [3.05, 3.63) is 12.2 Å². The predicted octanol–water partition coefficient (Wildman–Crippen LogP) is 7.99. The van der Waals surface area contributed by atoms with Crippen LogP contribution in [0.3, 0.4) is 0 Å². The summed E-state index contributed by atoms with van der Waals surface area (Å²) in [6.45, 7) is 20.5. The Morgan fingerprint density at radius 2 is 1.69 bits per heavy atom. The third kappa shape index (κ3) is 3.35. The SMILES string of the molecule is C=C(CCl)[C@@H]1CC[C@]2(C)CC[C@]3(C)C(C[C@@H](OC(C)=O)C4[C@@]5(C)CCC(=O)C(C)(C)C5CC[C@]43C)C12. The Labute approximate surface area is 224 Å². The highest BCUT2D eigenvalue weighted by Crippen LogP contribution is 2.77. The first kappa shape index (κ1) is 26.8. The van der Waals surface area contributed by atoms with Gasteiger partial charge in [-0.15, -0.1) is 11.6 Å². The average molecular weight is 517 g/mol. The molecule has 3 nitrogen and oxygen atoms in total. The fraction of sp³-hybridized carbons (Fsp3) is 0.875. The number of carbonyl (C=O) groups excluding carboxylic acids is 2. The van der Waals surface area contributed by atoms with Crippen molar-refractivity contribution in [2.45, 2.75) is 112 Å². The number of Topliss-reactive ketones (excluding diaryl/α,β-unsaturated/α-hetero) is 1. The molecule has 5 rings (SSSR count). The molecule has 5 aliphatic carbocycles. The van der Waals surface area contributed by atoms with Crippen LogP contribution in [0.2, 0.25) is 0 Å². The molecule has 5 aliphatic rings. The average Bonchev–Trinajstić information content (AvgIpc) is 3.14. The van der Waals surface area contributed by atoms with E-state index >= 15 is 0 Å². The van der Waals surface area contributed by atoms with Crippen molar-refractivity contribution in [2.24, 2.45) is 56.7 Å². The molecule has 5 fully saturated rings. The molecule has 4 heteroatoms. The van der Waals surface area contributed by atoms with Crippen LogP contribution in [0.15, 0.2) is 12.2 Å². The van der Waals surface area contributed by atoms with E-state index in [-0.39, 0.29) is 39.7 Å². The van der Waals surface area contributed by atoms with E-state index in [9.17, 15) is 9.59 Å². The van der Waals surface area contributed by atoms with E-state index in [1.54, 1.807) is 6.92 Å². The Morgan fingerprint density at radius 3 is 2.33 bits per heavy atom. The van der Waals surface area contributed by atoms with E-state index in [0.717, 1.165) is 25.7 Å². The van der Waals surface area contributed by atoms with Gasteiger partial charge < -0.3 is 4.74 Å². The van der Waals surface area contributed by atoms with Gasteiger partial charge in [-0.3, -0.25) is 9.59 Å². The highest BCUT2D eigenvalue weighted by molar-refractivity contribution is 6.19. The molecule has 4 unspecified atom stereocenters. The number of halogens is 1. The molecule has 0 aromatic heterocycles. The minimum atomic E-state index is -0.313. The van der Waals surface area contributed by atoms with Gasteiger partial charge in [0.25, 0.3) is 0 Å². The van der Waals surface area contributed by atoms with Gasteiger partial charge in [-0.05, 0) is 96.7 Å². The molecule has 0 aliphatic heterocycles. The molecule has 5 saturated carbocycles. The van der Waals surface area contributed by atoms with Crippen LogP contribution < -0.4 is 0 Å². The van der Waals surface area contributed by atoms with Crippen molar-refractivity contribution in [3.63, 3.8) is 0 Å². The number of rotatable bonds is 3. The van der Waals surface area contributed by atoms with E-state index in [4.69, 9.17) is 16.3 Å². The maximum Gasteiger partial charge on any atom is 0.302 e. The van der Waals surface area contributed by atoms with Crippen LogP contribution >= 0.6 is 11.6 Å². The first-order valence-electron chi connectivity index (χ1n) is 14.6. The van der Waals surface area contributed by atoms with E-state index in [0.29, 0.717) is 47.2 Å². The highest BCUT2D eigenvalue weighted by atomic mass is 35.5. The zero-order valence-electron chi connectivity index (χ0n) is 23.8. The fourth-order valence-electron chi connectivity index (χ4n) is 11.7. The first-order valence-corrected chi connectivity index (χ1v) is 15.1. The molecule has 0 radical (unpaired) electrons. The molecule has 0 heterocycles. The smallest absolute Gasteiger partial charge is 0.302 e. The Balaban J connectivity index is 1.64. The third-order valence-corrected chi connectivity index (χ3v) is 13.9. The number of fused-ring (bicyclic) bond motifs is 7. The molecule has 0 spiro atoms. The van der Waals surface area contributed by atoms with Gasteiger partial charge in [-0.1, -0.05) is 53.7 Å². The molecule has 36 heavy (non-hydrogen) atoms. The molecule has 0 saturated heterocycles. The number of allylic oxidation sites excluding steroid dienone is 1. The summed E-state index contributed by atoms with van der Waals surface area (Å²) in [7, 11) is 0. The second-order valence-electron chi connectivity index (χ2n) is 15.2. The first-order chi connectivity index (χ1) is 16.7. The van der Waals surface area contributed by atoms with Gasteiger partial charge in [0.05, 0.1) is 0 Å². The highest BCUT2D eigenvalue weighted by Gasteiger charge is 2.73. The van der Waals surface area contributed by atoms with Crippen molar-refractivity contribution in [1.29, 1.82) is 0 Å². The lowest BCUT2D eigenvalue weighted by Crippen LogP contribution is -2.70. The van der Waals surface area contributed by atoms with Crippen LogP contribution in [0.25, 0.3) is 0 Å². The summed E-state index contributed by atoms with van der Waals surface area (Å²) in [5, 5.41) is 0. The van der Waals surface area contributed by atoms with Gasteiger partial charge in [0.1, 0.15) is 11.9 Å². The van der Waals surface area contributed by atoms with Gasteiger partial charge in [0, 0.05) is 30.6 Å². The van der Waals surface area contributed by atoms with Gasteiger partial charge in [0.15, 0.2) is 0 Å². The van der Waals surface area contributed by atoms with Crippen molar-refractivity contribution in [1.82, 2.24) is 0 Å². The molecule has 0 bridgehead atoms. The van der Waals surface area contributed by atoms with Crippen molar-refractivity contribution in [3.8, 4) is 0 Å². The summed E-state index contributed by atoms with van der Waals surface area (Å²) in [5.74, 6) is 2.92. The van der Waals surface area contributed by atoms with E-state index in [1.807, 2.05) is 0 Å². The van der Waals surface area contributed by atoms with Crippen LogP contribution in [-0.4, -0.2) is 23.7 Å². The van der Waals surface area contributed by atoms with Crippen molar-refractivity contribution >= 4 is 23.4 Å². The minimum Gasteiger partial charge on any atom is -0.462 e. The van der Waals surface area contributed by atoms with Gasteiger partial charge in [-0.25, -0.2) is 0 Å². The second kappa shape index (κ2) is 8.33. The largest absolute Gasteiger partial charge is 0.462 e. The van der Waals surface area contributed by atoms with Crippen LogP contribution in [0.1, 0.15) is 106 Å². The Bertz CT molecular complexity index is 970. The Kier molecular flexibility index (Phi) is 6.19. The molecule has 0 aromatic carbocycles. The summed E-state index contributed by atoms with van der Waals surface area (Å²) in [5.41, 5.74) is 1.44. The standard InChI is InChI=1S/C32H49ClO3/c1-19(18-33)21-9-12-29(5)15-16-31(7)22(26(21)29)17-23(36-20(2)34)27-30(6)13-11-25(35)28(3,4)24(30)10-14-32(27,31)8/h21-24,26-27H,1,9-18H2,2-8H3/t21-,22?,23+,24?,26?,27?,29+,30-,31+,32+/m0/s1. The van der Waals surface area contributed by atoms with Gasteiger partial charge in [-0.2, -0.15) is 0 Å². The number of carbonyl (C=O) groups is 2. The molecule has 0 N–H and O–H groups in total. The number of ether oxygens (including phenoxy) is 1. The number of alkyl halides is 1. The zero-order chi connectivity index (χ0) is 26.5. The summed E-state index contributed by atoms with van der Waals surface area (Å²) >= 11 is 6.39. The van der Waals surface area contributed by atoms with Crippen LogP contribution in [-0.2, 0) is 14.3 Å². The molecule has 0 amide bonds. The Morgan fingerprint density at radius 1 is 1.00 bits per heavy atom. The lowest BCUT2D eigenvalue weighted by atomic mass is 9.32. The molecule has 202 valence electrons. The van der Waals surface area contributed by atoms with E-state index in [1.165, 1.54) is 31.3 Å². The lowest BCUT2D eigenvalue weighted by molar-refractivity contribution is -0.268. The monoisotopic (exact) mass is 516 g/mol. The van der Waals surface area contributed by atoms with Crippen LogP contribution in [0.5, 0.6) is 0 Å². The Hall–Kier alpha value is -0.830.